The molecule has 0 aliphatic carbocycles. The zero-order valence-corrected chi connectivity index (χ0v) is 6.32. The van der Waals surface area contributed by atoms with E-state index in [-0.39, 0.29) is 0 Å². The first kappa shape index (κ1) is 5.99. The standard InChI is InChI=1S/C8H10N2O2/c11-8(12)4-6-10-7-3-1-2-5-9-7/h1-3,5H,4,6H2,(H,9,10)(H,11,12)/i6D2. The first-order valence-corrected chi connectivity index (χ1v) is 3.41. The van der Waals surface area contributed by atoms with Crippen LogP contribution in [0.1, 0.15) is 9.16 Å². The van der Waals surface area contributed by atoms with Gasteiger partial charge in [-0.1, -0.05) is 6.07 Å². The lowest BCUT2D eigenvalue weighted by atomic mass is 10.4. The number of carboxylic acid groups (broad SMARTS) is 1. The highest BCUT2D eigenvalue weighted by Crippen LogP contribution is 1.98. The van der Waals surface area contributed by atoms with Gasteiger partial charge in [-0.3, -0.25) is 4.79 Å². The van der Waals surface area contributed by atoms with Gasteiger partial charge in [-0.2, -0.15) is 0 Å². The van der Waals surface area contributed by atoms with Gasteiger partial charge >= 0.3 is 5.97 Å². The van der Waals surface area contributed by atoms with E-state index < -0.39 is 18.9 Å². The van der Waals surface area contributed by atoms with Crippen LogP contribution in [0.15, 0.2) is 24.4 Å². The van der Waals surface area contributed by atoms with Crippen molar-refractivity contribution in [1.82, 2.24) is 4.98 Å². The molecule has 2 N–H and O–H groups in total. The van der Waals surface area contributed by atoms with Crippen LogP contribution in [0.25, 0.3) is 0 Å². The van der Waals surface area contributed by atoms with E-state index in [4.69, 9.17) is 7.85 Å². The molecule has 0 spiro atoms. The third-order valence-corrected chi connectivity index (χ3v) is 1.12. The molecule has 0 saturated heterocycles. The Morgan fingerprint density at radius 1 is 1.75 bits per heavy atom. The van der Waals surface area contributed by atoms with Gasteiger partial charge in [0.05, 0.1) is 6.42 Å². The van der Waals surface area contributed by atoms with E-state index in [0.29, 0.717) is 5.82 Å². The number of anilines is 1. The fourth-order valence-electron chi connectivity index (χ4n) is 0.647. The molecule has 0 saturated carbocycles. The van der Waals surface area contributed by atoms with Crippen LogP contribution < -0.4 is 5.32 Å². The summed E-state index contributed by atoms with van der Waals surface area (Å²) in [6.45, 7) is -1.99. The van der Waals surface area contributed by atoms with Gasteiger partial charge in [0, 0.05) is 15.4 Å². The van der Waals surface area contributed by atoms with E-state index >= 15 is 0 Å². The summed E-state index contributed by atoms with van der Waals surface area (Å²) in [5, 5.41) is 10.8. The van der Waals surface area contributed by atoms with Crippen molar-refractivity contribution in [3.8, 4) is 0 Å². The third kappa shape index (κ3) is 3.01. The van der Waals surface area contributed by atoms with E-state index in [9.17, 15) is 4.79 Å². The van der Waals surface area contributed by atoms with Crippen LogP contribution in [0.4, 0.5) is 5.82 Å². The van der Waals surface area contributed by atoms with Crippen molar-refractivity contribution < 1.29 is 12.6 Å². The van der Waals surface area contributed by atoms with E-state index in [0.717, 1.165) is 0 Å². The first-order valence-electron chi connectivity index (χ1n) is 4.41. The van der Waals surface area contributed by atoms with Crippen molar-refractivity contribution in [2.75, 3.05) is 11.8 Å². The van der Waals surface area contributed by atoms with Gasteiger partial charge in [0.2, 0.25) is 0 Å². The molecule has 1 aromatic heterocycles. The van der Waals surface area contributed by atoms with Gasteiger partial charge in [0.1, 0.15) is 5.82 Å². The van der Waals surface area contributed by atoms with Crippen molar-refractivity contribution in [3.05, 3.63) is 24.4 Å². The number of carboxylic acids is 1. The number of pyridine rings is 1. The largest absolute Gasteiger partial charge is 0.481 e. The normalized spacial score (nSPS) is 13.0. The van der Waals surface area contributed by atoms with Crippen LogP contribution in [0, 0.1) is 0 Å². The maximum atomic E-state index is 10.3. The van der Waals surface area contributed by atoms with Crippen molar-refractivity contribution in [1.29, 1.82) is 0 Å². The summed E-state index contributed by atoms with van der Waals surface area (Å²) in [5.41, 5.74) is 0. The smallest absolute Gasteiger partial charge is 0.305 e. The quantitative estimate of drug-likeness (QED) is 0.703. The molecule has 64 valence electrons. The molecule has 0 fully saturated rings. The zero-order chi connectivity index (χ0) is 10.6. The summed E-state index contributed by atoms with van der Waals surface area (Å²) in [6, 6.07) is 4.95. The Labute approximate surface area is 73.1 Å². The number of aliphatic carboxylic acids is 1. The number of nitrogens with one attached hydrogen (secondary N) is 1. The molecule has 0 aliphatic rings. The van der Waals surface area contributed by atoms with E-state index in [1.54, 1.807) is 18.2 Å². The molecule has 1 rings (SSSR count). The second-order valence-corrected chi connectivity index (χ2v) is 2.09. The maximum Gasteiger partial charge on any atom is 0.305 e. The molecule has 0 atom stereocenters. The summed E-state index contributed by atoms with van der Waals surface area (Å²) in [7, 11) is 0. The van der Waals surface area contributed by atoms with Crippen LogP contribution in [-0.4, -0.2) is 22.6 Å². The molecule has 0 unspecified atom stereocenters. The summed E-state index contributed by atoms with van der Waals surface area (Å²) in [6.07, 6.45) is 0.892. The first-order chi connectivity index (χ1) is 6.49. The molecular weight excluding hydrogens is 156 g/mol. The van der Waals surface area contributed by atoms with Gasteiger partial charge in [-0.25, -0.2) is 4.98 Å². The second-order valence-electron chi connectivity index (χ2n) is 2.09. The number of hydrogen-bond donors (Lipinski definition) is 2. The molecule has 4 heteroatoms. The second kappa shape index (κ2) is 4.33. The van der Waals surface area contributed by atoms with Crippen LogP contribution >= 0.6 is 0 Å². The number of rotatable bonds is 4. The molecule has 0 radical (unpaired) electrons. The lowest BCUT2D eigenvalue weighted by Gasteiger charge is -2.01. The lowest BCUT2D eigenvalue weighted by molar-refractivity contribution is -0.136. The molecule has 4 nitrogen and oxygen atoms in total. The average molecular weight is 168 g/mol. The SMILES string of the molecule is [2H]C([2H])(CC(=O)O)Nc1ccccn1. The van der Waals surface area contributed by atoms with Crippen LogP contribution in [0.5, 0.6) is 0 Å². The summed E-state index contributed by atoms with van der Waals surface area (Å²) < 4.78 is 14.7. The summed E-state index contributed by atoms with van der Waals surface area (Å²) in [4.78, 5) is 14.1. The van der Waals surface area contributed by atoms with E-state index in [1.165, 1.54) is 6.20 Å². The number of hydrogen-bond acceptors (Lipinski definition) is 3. The minimum Gasteiger partial charge on any atom is -0.481 e. The Bertz CT molecular complexity index is 316. The molecule has 0 bridgehead atoms. The van der Waals surface area contributed by atoms with Crippen LogP contribution in [0.2, 0.25) is 0 Å². The fourth-order valence-corrected chi connectivity index (χ4v) is 0.647. The highest BCUT2D eigenvalue weighted by atomic mass is 16.4. The monoisotopic (exact) mass is 168 g/mol. The van der Waals surface area contributed by atoms with Gasteiger partial charge in [-0.05, 0) is 12.1 Å². The van der Waals surface area contributed by atoms with Crippen LogP contribution in [-0.2, 0) is 4.79 Å². The molecule has 0 aromatic carbocycles. The minimum absolute atomic E-state index is 0.318. The average Bonchev–Trinajstić information content (AvgIpc) is 2.02. The fraction of sp³-hybridized carbons (Fsp3) is 0.250. The summed E-state index contributed by atoms with van der Waals surface area (Å²) >= 11 is 0. The van der Waals surface area contributed by atoms with Gasteiger partial charge in [-0.15, -0.1) is 0 Å². The summed E-state index contributed by atoms with van der Waals surface area (Å²) in [5.74, 6) is -0.878. The van der Waals surface area contributed by atoms with Crippen molar-refractivity contribution in [3.63, 3.8) is 0 Å². The Morgan fingerprint density at radius 2 is 2.58 bits per heavy atom. The van der Waals surface area contributed by atoms with E-state index in [1.807, 2.05) is 0 Å². The molecule has 0 aliphatic heterocycles. The Hall–Kier alpha value is -1.58. The topological polar surface area (TPSA) is 62.2 Å². The Morgan fingerprint density at radius 3 is 3.17 bits per heavy atom. The predicted octanol–water partition coefficient (Wildman–Crippen LogP) is 0.968. The van der Waals surface area contributed by atoms with E-state index in [2.05, 4.69) is 10.3 Å². The predicted molar refractivity (Wildman–Crippen MR) is 45.0 cm³/mol. The van der Waals surface area contributed by atoms with Crippen molar-refractivity contribution in [2.24, 2.45) is 0 Å². The highest BCUT2D eigenvalue weighted by molar-refractivity contribution is 5.67. The molecular formula is C8H10N2O2. The highest BCUT2D eigenvalue weighted by Gasteiger charge is 1.95. The third-order valence-electron chi connectivity index (χ3n) is 1.12. The Kier molecular flexibility index (Phi) is 2.16. The molecule has 12 heavy (non-hydrogen) atoms. The number of nitrogens with zero attached hydrogens (tertiary/aromatic N) is 1. The molecule has 0 amide bonds. The molecule has 1 heterocycles. The Balaban J connectivity index is 2.63. The van der Waals surface area contributed by atoms with Gasteiger partial charge < -0.3 is 10.4 Å². The lowest BCUT2D eigenvalue weighted by Crippen LogP contribution is -2.08. The number of carbonyl (C=O) groups is 1. The molecule has 1 aromatic rings. The zero-order valence-electron chi connectivity index (χ0n) is 8.32. The van der Waals surface area contributed by atoms with Gasteiger partial charge in [0.15, 0.2) is 0 Å². The minimum atomic E-state index is -1.99. The number of aromatic nitrogens is 1. The van der Waals surface area contributed by atoms with Crippen LogP contribution in [0.3, 0.4) is 0 Å². The maximum absolute atomic E-state index is 10.3. The van der Waals surface area contributed by atoms with Crippen molar-refractivity contribution >= 4 is 11.8 Å². The van der Waals surface area contributed by atoms with Crippen molar-refractivity contribution in [2.45, 2.75) is 6.42 Å². The van der Waals surface area contributed by atoms with Gasteiger partial charge in [0.25, 0.3) is 0 Å².